The fourth-order valence-corrected chi connectivity index (χ4v) is 3.74. The smallest absolute Gasteiger partial charge is 0.119 e. The van der Waals surface area contributed by atoms with E-state index in [1.165, 1.54) is 30.6 Å². The Labute approximate surface area is 113 Å². The molecular weight excluding hydrogens is 242 g/mol. The number of benzene rings is 1. The first-order chi connectivity index (χ1) is 8.76. The zero-order chi connectivity index (χ0) is 12.4. The number of rotatable bonds is 3. The largest absolute Gasteiger partial charge is 0.490 e. The van der Waals surface area contributed by atoms with Gasteiger partial charge < -0.3 is 10.5 Å². The van der Waals surface area contributed by atoms with Gasteiger partial charge in [0.1, 0.15) is 11.9 Å². The molecule has 0 amide bonds. The van der Waals surface area contributed by atoms with E-state index >= 15 is 0 Å². The highest BCUT2D eigenvalue weighted by atomic mass is 32.2. The van der Waals surface area contributed by atoms with Gasteiger partial charge in [0.15, 0.2) is 0 Å². The molecule has 1 heterocycles. The molecular formula is C15H21NOS. The van der Waals surface area contributed by atoms with Crippen molar-refractivity contribution in [3.8, 4) is 5.75 Å². The van der Waals surface area contributed by atoms with Gasteiger partial charge in [-0.05, 0) is 55.6 Å². The summed E-state index contributed by atoms with van der Waals surface area (Å²) in [6, 6.07) is 8.46. The van der Waals surface area contributed by atoms with Gasteiger partial charge >= 0.3 is 0 Å². The molecule has 1 atom stereocenters. The lowest BCUT2D eigenvalue weighted by atomic mass is 9.73. The fourth-order valence-electron chi connectivity index (χ4n) is 2.71. The van der Waals surface area contributed by atoms with Crippen molar-refractivity contribution in [3.05, 3.63) is 29.8 Å². The molecule has 18 heavy (non-hydrogen) atoms. The van der Waals surface area contributed by atoms with Gasteiger partial charge in [-0.2, -0.15) is 11.8 Å². The minimum absolute atomic E-state index is 0.0563. The van der Waals surface area contributed by atoms with E-state index in [2.05, 4.69) is 24.3 Å². The topological polar surface area (TPSA) is 35.2 Å². The molecule has 1 unspecified atom stereocenters. The van der Waals surface area contributed by atoms with E-state index in [0.717, 1.165) is 24.3 Å². The van der Waals surface area contributed by atoms with Crippen LogP contribution in [0.1, 0.15) is 37.7 Å². The summed E-state index contributed by atoms with van der Waals surface area (Å²) in [5, 5.41) is 0. The second-order valence-electron chi connectivity index (χ2n) is 5.49. The van der Waals surface area contributed by atoms with Crippen molar-refractivity contribution < 1.29 is 4.74 Å². The highest BCUT2D eigenvalue weighted by Crippen LogP contribution is 2.39. The van der Waals surface area contributed by atoms with Gasteiger partial charge in [0, 0.05) is 11.3 Å². The van der Waals surface area contributed by atoms with Crippen LogP contribution in [-0.4, -0.2) is 17.6 Å². The molecule has 1 aromatic rings. The second kappa shape index (κ2) is 5.14. The molecule has 1 aliphatic carbocycles. The van der Waals surface area contributed by atoms with E-state index in [4.69, 9.17) is 10.5 Å². The Kier molecular flexibility index (Phi) is 3.53. The monoisotopic (exact) mass is 263 g/mol. The Hall–Kier alpha value is -0.670. The lowest BCUT2D eigenvalue weighted by Crippen LogP contribution is -2.43. The molecule has 0 aromatic heterocycles. The van der Waals surface area contributed by atoms with E-state index in [9.17, 15) is 0 Å². The maximum absolute atomic E-state index is 6.31. The lowest BCUT2D eigenvalue weighted by molar-refractivity contribution is 0.211. The van der Waals surface area contributed by atoms with Crippen LogP contribution in [0.3, 0.4) is 0 Å². The standard InChI is InChI=1S/C15H21NOS/c16-15(8-2-9-15)12-4-6-13(7-5-12)17-14-3-1-10-18-11-14/h4-7,14H,1-3,8-11,16H2. The van der Waals surface area contributed by atoms with Crippen molar-refractivity contribution in [3.63, 3.8) is 0 Å². The summed E-state index contributed by atoms with van der Waals surface area (Å²) in [4.78, 5) is 0. The summed E-state index contributed by atoms with van der Waals surface area (Å²) >= 11 is 2.00. The molecule has 1 aromatic carbocycles. The normalized spacial score (nSPS) is 26.4. The SMILES string of the molecule is NC1(c2ccc(OC3CCCSC3)cc2)CCC1. The van der Waals surface area contributed by atoms with Crippen molar-refractivity contribution in [2.24, 2.45) is 5.73 Å². The van der Waals surface area contributed by atoms with Crippen LogP contribution in [0.2, 0.25) is 0 Å². The van der Waals surface area contributed by atoms with Crippen molar-refractivity contribution in [1.29, 1.82) is 0 Å². The predicted molar refractivity (Wildman–Crippen MR) is 77.1 cm³/mol. The summed E-state index contributed by atoms with van der Waals surface area (Å²) in [6.07, 6.45) is 6.35. The number of thioether (sulfide) groups is 1. The third-order valence-corrected chi connectivity index (χ3v) is 5.28. The maximum Gasteiger partial charge on any atom is 0.119 e. The van der Waals surface area contributed by atoms with Crippen LogP contribution in [0.25, 0.3) is 0 Å². The molecule has 3 heteroatoms. The Balaban J connectivity index is 1.63. The molecule has 0 bridgehead atoms. The zero-order valence-electron chi connectivity index (χ0n) is 10.7. The van der Waals surface area contributed by atoms with Gasteiger partial charge in [-0.15, -0.1) is 0 Å². The summed E-state index contributed by atoms with van der Waals surface area (Å²) in [5.74, 6) is 3.41. The summed E-state index contributed by atoms with van der Waals surface area (Å²) in [7, 11) is 0. The Bertz CT molecular complexity index is 393. The summed E-state index contributed by atoms with van der Waals surface area (Å²) in [6.45, 7) is 0. The number of hydrogen-bond acceptors (Lipinski definition) is 3. The zero-order valence-corrected chi connectivity index (χ0v) is 11.5. The third-order valence-electron chi connectivity index (χ3n) is 4.10. The molecule has 98 valence electrons. The van der Waals surface area contributed by atoms with Gasteiger partial charge in [-0.3, -0.25) is 0 Å². The molecule has 2 nitrogen and oxygen atoms in total. The first-order valence-corrected chi connectivity index (χ1v) is 8.06. The fraction of sp³-hybridized carbons (Fsp3) is 0.600. The van der Waals surface area contributed by atoms with Gasteiger partial charge in [-0.25, -0.2) is 0 Å². The molecule has 1 saturated carbocycles. The number of nitrogens with two attached hydrogens (primary N) is 1. The van der Waals surface area contributed by atoms with Gasteiger partial charge in [-0.1, -0.05) is 12.1 Å². The number of hydrogen-bond donors (Lipinski definition) is 1. The predicted octanol–water partition coefficient (Wildman–Crippen LogP) is 3.30. The first kappa shape index (κ1) is 12.4. The van der Waals surface area contributed by atoms with E-state index in [0.29, 0.717) is 6.10 Å². The van der Waals surface area contributed by atoms with Crippen LogP contribution in [0.4, 0.5) is 0 Å². The lowest BCUT2D eigenvalue weighted by Gasteiger charge is -2.38. The molecule has 0 radical (unpaired) electrons. The maximum atomic E-state index is 6.31. The van der Waals surface area contributed by atoms with Crippen molar-refractivity contribution in [2.75, 3.05) is 11.5 Å². The second-order valence-corrected chi connectivity index (χ2v) is 6.64. The van der Waals surface area contributed by atoms with Gasteiger partial charge in [0.25, 0.3) is 0 Å². The van der Waals surface area contributed by atoms with Gasteiger partial charge in [0.2, 0.25) is 0 Å². The van der Waals surface area contributed by atoms with Crippen LogP contribution in [0.5, 0.6) is 5.75 Å². The van der Waals surface area contributed by atoms with Crippen LogP contribution in [0, 0.1) is 0 Å². The van der Waals surface area contributed by atoms with Crippen LogP contribution in [-0.2, 0) is 5.54 Å². The van der Waals surface area contributed by atoms with E-state index in [1.807, 2.05) is 11.8 Å². The summed E-state index contributed by atoms with van der Waals surface area (Å²) < 4.78 is 6.01. The quantitative estimate of drug-likeness (QED) is 0.909. The molecule has 2 aliphatic rings. The van der Waals surface area contributed by atoms with Gasteiger partial charge in [0.05, 0.1) is 0 Å². The molecule has 1 saturated heterocycles. The Morgan fingerprint density at radius 3 is 2.50 bits per heavy atom. The van der Waals surface area contributed by atoms with Crippen molar-refractivity contribution >= 4 is 11.8 Å². The minimum atomic E-state index is -0.0563. The van der Waals surface area contributed by atoms with Crippen LogP contribution < -0.4 is 10.5 Å². The van der Waals surface area contributed by atoms with Crippen LogP contribution in [0.15, 0.2) is 24.3 Å². The summed E-state index contributed by atoms with van der Waals surface area (Å²) in [5.41, 5.74) is 7.52. The molecule has 1 aliphatic heterocycles. The average Bonchev–Trinajstić information content (AvgIpc) is 2.38. The van der Waals surface area contributed by atoms with E-state index in [1.54, 1.807) is 0 Å². The highest BCUT2D eigenvalue weighted by Gasteiger charge is 2.34. The van der Waals surface area contributed by atoms with Crippen molar-refractivity contribution in [2.45, 2.75) is 43.7 Å². The molecule has 3 rings (SSSR count). The molecule has 2 N–H and O–H groups in total. The Morgan fingerprint density at radius 2 is 1.94 bits per heavy atom. The molecule has 0 spiro atoms. The van der Waals surface area contributed by atoms with E-state index < -0.39 is 0 Å². The van der Waals surface area contributed by atoms with E-state index in [-0.39, 0.29) is 5.54 Å². The average molecular weight is 263 g/mol. The molecule has 2 fully saturated rings. The highest BCUT2D eigenvalue weighted by molar-refractivity contribution is 7.99. The Morgan fingerprint density at radius 1 is 1.17 bits per heavy atom. The van der Waals surface area contributed by atoms with Crippen LogP contribution >= 0.6 is 11.8 Å². The first-order valence-electron chi connectivity index (χ1n) is 6.90. The van der Waals surface area contributed by atoms with Crippen molar-refractivity contribution in [1.82, 2.24) is 0 Å². The third kappa shape index (κ3) is 2.52. The minimum Gasteiger partial charge on any atom is -0.490 e. The number of ether oxygens (including phenoxy) is 1.